The number of carbonyl (C=O) groups is 1. The van der Waals surface area contributed by atoms with E-state index >= 15 is 0 Å². The Kier molecular flexibility index (Phi) is 5.84. The lowest BCUT2D eigenvalue weighted by Crippen LogP contribution is -2.37. The standard InChI is InChI=1S/C18H21FN2O2/c1-12(17(20)13-7-3-2-4-8-13)18(23)21-11-16(22)14-9-5-6-10-15(14)19/h2-10,12,16-17,22H,11,20H2,1H3,(H,21,23). The van der Waals surface area contributed by atoms with Gasteiger partial charge in [0.25, 0.3) is 0 Å². The third-order valence-electron chi connectivity index (χ3n) is 3.87. The summed E-state index contributed by atoms with van der Waals surface area (Å²) in [6.45, 7) is 1.66. The van der Waals surface area contributed by atoms with E-state index in [2.05, 4.69) is 5.32 Å². The Morgan fingerprint density at radius 1 is 1.17 bits per heavy atom. The van der Waals surface area contributed by atoms with Gasteiger partial charge in [0.2, 0.25) is 5.91 Å². The van der Waals surface area contributed by atoms with Gasteiger partial charge in [0, 0.05) is 18.2 Å². The number of nitrogens with two attached hydrogens (primary N) is 1. The van der Waals surface area contributed by atoms with Crippen molar-refractivity contribution in [1.82, 2.24) is 5.32 Å². The number of nitrogens with one attached hydrogen (secondary N) is 1. The second kappa shape index (κ2) is 7.85. The Balaban J connectivity index is 1.93. The predicted molar refractivity (Wildman–Crippen MR) is 86.9 cm³/mol. The molecule has 0 aliphatic rings. The summed E-state index contributed by atoms with van der Waals surface area (Å²) in [5, 5.41) is 12.6. The minimum atomic E-state index is -1.10. The Labute approximate surface area is 135 Å². The first-order valence-corrected chi connectivity index (χ1v) is 7.51. The molecule has 0 heterocycles. The lowest BCUT2D eigenvalue weighted by Gasteiger charge is -2.21. The summed E-state index contributed by atoms with van der Waals surface area (Å²) in [7, 11) is 0. The number of aliphatic hydroxyl groups is 1. The smallest absolute Gasteiger partial charge is 0.224 e. The van der Waals surface area contributed by atoms with E-state index in [0.29, 0.717) is 0 Å². The highest BCUT2D eigenvalue weighted by Crippen LogP contribution is 2.20. The number of hydrogen-bond donors (Lipinski definition) is 3. The van der Waals surface area contributed by atoms with Gasteiger partial charge in [-0.15, -0.1) is 0 Å². The Morgan fingerprint density at radius 2 is 1.78 bits per heavy atom. The molecule has 23 heavy (non-hydrogen) atoms. The van der Waals surface area contributed by atoms with Crippen LogP contribution in [0.3, 0.4) is 0 Å². The van der Waals surface area contributed by atoms with Gasteiger partial charge in [-0.25, -0.2) is 4.39 Å². The summed E-state index contributed by atoms with van der Waals surface area (Å²) in [6.07, 6.45) is -1.10. The van der Waals surface area contributed by atoms with Crippen molar-refractivity contribution in [2.75, 3.05) is 6.54 Å². The molecular formula is C18H21FN2O2. The average Bonchev–Trinajstić information content (AvgIpc) is 2.59. The molecule has 0 saturated carbocycles. The van der Waals surface area contributed by atoms with E-state index in [-0.39, 0.29) is 18.0 Å². The molecule has 0 aliphatic heterocycles. The van der Waals surface area contributed by atoms with Gasteiger partial charge in [-0.05, 0) is 11.6 Å². The molecule has 1 amide bonds. The SMILES string of the molecule is CC(C(=O)NCC(O)c1ccccc1F)C(N)c1ccccc1. The number of amides is 1. The highest BCUT2D eigenvalue weighted by atomic mass is 19.1. The molecule has 2 aromatic carbocycles. The first kappa shape index (κ1) is 17.1. The van der Waals surface area contributed by atoms with Gasteiger partial charge in [-0.1, -0.05) is 55.5 Å². The molecule has 0 radical (unpaired) electrons. The topological polar surface area (TPSA) is 75.3 Å². The molecular weight excluding hydrogens is 295 g/mol. The first-order chi connectivity index (χ1) is 11.0. The van der Waals surface area contributed by atoms with Gasteiger partial charge >= 0.3 is 0 Å². The molecule has 0 saturated heterocycles. The summed E-state index contributed by atoms with van der Waals surface area (Å²) in [6, 6.07) is 14.8. The van der Waals surface area contributed by atoms with Crippen LogP contribution >= 0.6 is 0 Å². The van der Waals surface area contributed by atoms with Crippen LogP contribution < -0.4 is 11.1 Å². The van der Waals surface area contributed by atoms with Crippen LogP contribution in [0.2, 0.25) is 0 Å². The van der Waals surface area contributed by atoms with Crippen LogP contribution in [-0.4, -0.2) is 17.6 Å². The van der Waals surface area contributed by atoms with E-state index in [1.54, 1.807) is 19.1 Å². The predicted octanol–water partition coefficient (Wildman–Crippen LogP) is 2.31. The Hall–Kier alpha value is -2.24. The second-order valence-corrected chi connectivity index (χ2v) is 5.51. The molecule has 3 atom stereocenters. The zero-order valence-corrected chi connectivity index (χ0v) is 12.9. The van der Waals surface area contributed by atoms with Gasteiger partial charge < -0.3 is 16.2 Å². The van der Waals surface area contributed by atoms with Crippen molar-refractivity contribution in [2.24, 2.45) is 11.7 Å². The minimum absolute atomic E-state index is 0.0639. The molecule has 5 heteroatoms. The van der Waals surface area contributed by atoms with Gasteiger partial charge in [0.05, 0.1) is 12.0 Å². The quantitative estimate of drug-likeness (QED) is 0.765. The fourth-order valence-corrected chi connectivity index (χ4v) is 2.34. The van der Waals surface area contributed by atoms with E-state index in [4.69, 9.17) is 5.73 Å². The van der Waals surface area contributed by atoms with E-state index in [0.717, 1.165) is 5.56 Å². The third-order valence-corrected chi connectivity index (χ3v) is 3.87. The van der Waals surface area contributed by atoms with Crippen LogP contribution in [0, 0.1) is 11.7 Å². The fraction of sp³-hybridized carbons (Fsp3) is 0.278. The molecule has 0 bridgehead atoms. The average molecular weight is 316 g/mol. The number of benzene rings is 2. The highest BCUT2D eigenvalue weighted by Gasteiger charge is 2.23. The van der Waals surface area contributed by atoms with E-state index in [1.165, 1.54) is 12.1 Å². The largest absolute Gasteiger partial charge is 0.386 e. The summed E-state index contributed by atoms with van der Waals surface area (Å²) in [5.74, 6) is -1.25. The van der Waals surface area contributed by atoms with Gasteiger partial charge in [0.15, 0.2) is 0 Å². The van der Waals surface area contributed by atoms with Crippen LogP contribution in [0.5, 0.6) is 0 Å². The first-order valence-electron chi connectivity index (χ1n) is 7.51. The van der Waals surface area contributed by atoms with Crippen LogP contribution in [0.25, 0.3) is 0 Å². The maximum atomic E-state index is 13.6. The maximum absolute atomic E-state index is 13.6. The van der Waals surface area contributed by atoms with Gasteiger partial charge in [-0.3, -0.25) is 4.79 Å². The highest BCUT2D eigenvalue weighted by molar-refractivity contribution is 5.79. The van der Waals surface area contributed by atoms with Crippen LogP contribution in [0.4, 0.5) is 4.39 Å². The molecule has 0 spiro atoms. The molecule has 3 unspecified atom stereocenters. The lowest BCUT2D eigenvalue weighted by molar-refractivity contribution is -0.125. The monoisotopic (exact) mass is 316 g/mol. The number of rotatable bonds is 6. The van der Waals surface area contributed by atoms with E-state index in [1.807, 2.05) is 30.3 Å². The van der Waals surface area contributed by atoms with E-state index < -0.39 is 23.9 Å². The fourth-order valence-electron chi connectivity index (χ4n) is 2.34. The molecule has 0 fully saturated rings. The molecule has 122 valence electrons. The zero-order valence-electron chi connectivity index (χ0n) is 12.9. The van der Waals surface area contributed by atoms with Crippen molar-refractivity contribution < 1.29 is 14.3 Å². The summed E-state index contributed by atoms with van der Waals surface area (Å²) < 4.78 is 13.6. The molecule has 0 aliphatic carbocycles. The Morgan fingerprint density at radius 3 is 2.43 bits per heavy atom. The third kappa shape index (κ3) is 4.37. The van der Waals surface area contributed by atoms with Gasteiger partial charge in [0.1, 0.15) is 5.82 Å². The summed E-state index contributed by atoms with van der Waals surface area (Å²) in [4.78, 5) is 12.2. The number of carbonyl (C=O) groups excluding carboxylic acids is 1. The van der Waals surface area contributed by atoms with Gasteiger partial charge in [-0.2, -0.15) is 0 Å². The van der Waals surface area contributed by atoms with Crippen LogP contribution in [0.1, 0.15) is 30.2 Å². The van der Waals surface area contributed by atoms with Crippen molar-refractivity contribution in [3.8, 4) is 0 Å². The molecule has 4 N–H and O–H groups in total. The van der Waals surface area contributed by atoms with Crippen LogP contribution in [0.15, 0.2) is 54.6 Å². The van der Waals surface area contributed by atoms with Crippen molar-refractivity contribution in [3.63, 3.8) is 0 Å². The Bertz CT molecular complexity index is 648. The van der Waals surface area contributed by atoms with Crippen molar-refractivity contribution in [2.45, 2.75) is 19.1 Å². The number of halogens is 1. The van der Waals surface area contributed by atoms with Crippen molar-refractivity contribution >= 4 is 5.91 Å². The molecule has 0 aromatic heterocycles. The number of aliphatic hydroxyl groups excluding tert-OH is 1. The lowest BCUT2D eigenvalue weighted by atomic mass is 9.94. The maximum Gasteiger partial charge on any atom is 0.224 e. The zero-order chi connectivity index (χ0) is 16.8. The molecule has 2 aromatic rings. The molecule has 4 nitrogen and oxygen atoms in total. The normalized spacial score (nSPS) is 14.8. The summed E-state index contributed by atoms with van der Waals surface area (Å²) in [5.41, 5.74) is 7.12. The molecule has 2 rings (SSSR count). The number of hydrogen-bond acceptors (Lipinski definition) is 3. The van der Waals surface area contributed by atoms with Crippen LogP contribution in [-0.2, 0) is 4.79 Å². The summed E-state index contributed by atoms with van der Waals surface area (Å²) >= 11 is 0. The second-order valence-electron chi connectivity index (χ2n) is 5.51. The minimum Gasteiger partial charge on any atom is -0.386 e. The van der Waals surface area contributed by atoms with E-state index in [9.17, 15) is 14.3 Å². The van der Waals surface area contributed by atoms with Crippen molar-refractivity contribution in [3.05, 3.63) is 71.5 Å². The van der Waals surface area contributed by atoms with Crippen molar-refractivity contribution in [1.29, 1.82) is 0 Å².